The van der Waals surface area contributed by atoms with Crippen molar-refractivity contribution in [3.05, 3.63) is 5.92 Å². The normalized spacial score (nSPS) is 27.8. The third kappa shape index (κ3) is 2.78. The maximum absolute atomic E-state index is 2.74. The minimum Gasteiger partial charge on any atom is -0.303 e. The molecule has 16 heavy (non-hydrogen) atoms. The van der Waals surface area contributed by atoms with Crippen LogP contribution in [0, 0.1) is 5.92 Å². The van der Waals surface area contributed by atoms with Crippen molar-refractivity contribution >= 4 is 0 Å². The van der Waals surface area contributed by atoms with E-state index in [0.29, 0.717) is 5.54 Å². The van der Waals surface area contributed by atoms with Crippen LogP contribution in [0.3, 0.4) is 0 Å². The van der Waals surface area contributed by atoms with Gasteiger partial charge in [-0.1, -0.05) is 13.8 Å². The second-order valence-corrected chi connectivity index (χ2v) is 6.17. The molecule has 2 rings (SSSR count). The molecule has 0 aromatic heterocycles. The van der Waals surface area contributed by atoms with Gasteiger partial charge in [-0.3, -0.25) is 4.90 Å². The Balaban J connectivity index is 1.83. The standard InChI is InChI=1S/C14H27N2/c1-13(2)12-15-10-6-14(3,7-11-15)16-8-4-5-9-16/h4-12H2,1-3H3. The zero-order valence-electron chi connectivity index (χ0n) is 11.3. The molecule has 0 amide bonds. The maximum atomic E-state index is 2.74. The molecule has 0 aliphatic carbocycles. The minimum absolute atomic E-state index is 0.509. The largest absolute Gasteiger partial charge is 0.303 e. The first kappa shape index (κ1) is 12.4. The van der Waals surface area contributed by atoms with E-state index in [1.54, 1.807) is 5.92 Å². The molecule has 2 heteroatoms. The van der Waals surface area contributed by atoms with Gasteiger partial charge in [-0.25, -0.2) is 0 Å². The molecule has 2 aliphatic rings. The Morgan fingerprint density at radius 2 is 1.56 bits per heavy atom. The number of hydrogen-bond donors (Lipinski definition) is 0. The Bertz CT molecular complexity index is 211. The highest BCUT2D eigenvalue weighted by atomic mass is 15.2. The summed E-state index contributed by atoms with van der Waals surface area (Å²) >= 11 is 0. The molecule has 93 valence electrons. The third-order valence-corrected chi connectivity index (χ3v) is 4.34. The molecule has 2 fully saturated rings. The lowest BCUT2D eigenvalue weighted by Gasteiger charge is -2.45. The van der Waals surface area contributed by atoms with Gasteiger partial charge in [-0.2, -0.15) is 0 Å². The first-order valence-corrected chi connectivity index (χ1v) is 6.87. The summed E-state index contributed by atoms with van der Waals surface area (Å²) in [7, 11) is 0. The van der Waals surface area contributed by atoms with Crippen molar-refractivity contribution in [3.63, 3.8) is 0 Å². The van der Waals surface area contributed by atoms with Crippen LogP contribution < -0.4 is 0 Å². The molecule has 2 aliphatic heterocycles. The SMILES string of the molecule is C[C](C)CN1CCC(C)(N2CCCC2)CC1. The van der Waals surface area contributed by atoms with Crippen molar-refractivity contribution in [3.8, 4) is 0 Å². The highest BCUT2D eigenvalue weighted by Crippen LogP contribution is 2.31. The van der Waals surface area contributed by atoms with Gasteiger partial charge in [0.15, 0.2) is 0 Å². The molecule has 0 aromatic rings. The molecule has 0 aromatic carbocycles. The first-order valence-electron chi connectivity index (χ1n) is 6.87. The summed E-state index contributed by atoms with van der Waals surface area (Å²) in [4.78, 5) is 5.36. The van der Waals surface area contributed by atoms with Gasteiger partial charge in [0.05, 0.1) is 0 Å². The summed E-state index contributed by atoms with van der Waals surface area (Å²) in [5.74, 6) is 1.55. The number of rotatable bonds is 3. The van der Waals surface area contributed by atoms with Gasteiger partial charge in [0, 0.05) is 12.1 Å². The molecule has 0 bridgehead atoms. The zero-order valence-corrected chi connectivity index (χ0v) is 11.3. The molecular formula is C14H27N2. The highest BCUT2D eigenvalue weighted by molar-refractivity contribution is 4.95. The number of likely N-dealkylation sites (tertiary alicyclic amines) is 2. The van der Waals surface area contributed by atoms with Crippen LogP contribution in [0.25, 0.3) is 0 Å². The van der Waals surface area contributed by atoms with Crippen molar-refractivity contribution in [1.29, 1.82) is 0 Å². The van der Waals surface area contributed by atoms with E-state index in [-0.39, 0.29) is 0 Å². The van der Waals surface area contributed by atoms with Crippen molar-refractivity contribution in [2.75, 3.05) is 32.7 Å². The van der Waals surface area contributed by atoms with Crippen molar-refractivity contribution in [1.82, 2.24) is 9.80 Å². The third-order valence-electron chi connectivity index (χ3n) is 4.34. The predicted octanol–water partition coefficient (Wildman–Crippen LogP) is 2.55. The van der Waals surface area contributed by atoms with Crippen LogP contribution >= 0.6 is 0 Å². The number of nitrogens with zero attached hydrogens (tertiary/aromatic N) is 2. The topological polar surface area (TPSA) is 6.48 Å². The molecule has 2 saturated heterocycles. The second kappa shape index (κ2) is 5.05. The van der Waals surface area contributed by atoms with E-state index in [0.717, 1.165) is 0 Å². The average molecular weight is 223 g/mol. The Hall–Kier alpha value is -0.0800. The summed E-state index contributed by atoms with van der Waals surface area (Å²) < 4.78 is 0. The fourth-order valence-corrected chi connectivity index (χ4v) is 3.21. The Labute approximate surface area is 101 Å². The molecule has 0 unspecified atom stereocenters. The van der Waals surface area contributed by atoms with E-state index in [1.165, 1.54) is 58.4 Å². The Morgan fingerprint density at radius 3 is 2.06 bits per heavy atom. The van der Waals surface area contributed by atoms with Crippen LogP contribution in [0.4, 0.5) is 0 Å². The van der Waals surface area contributed by atoms with E-state index >= 15 is 0 Å². The molecule has 1 radical (unpaired) electrons. The number of piperidine rings is 1. The highest BCUT2D eigenvalue weighted by Gasteiger charge is 2.36. The molecule has 0 N–H and O–H groups in total. The summed E-state index contributed by atoms with van der Waals surface area (Å²) in [6, 6.07) is 0. The maximum Gasteiger partial charge on any atom is 0.0205 e. The lowest BCUT2D eigenvalue weighted by atomic mass is 9.87. The van der Waals surface area contributed by atoms with E-state index < -0.39 is 0 Å². The van der Waals surface area contributed by atoms with Gasteiger partial charge >= 0.3 is 0 Å². The second-order valence-electron chi connectivity index (χ2n) is 6.17. The first-order chi connectivity index (χ1) is 7.60. The summed E-state index contributed by atoms with van der Waals surface area (Å²) in [5.41, 5.74) is 0.509. The Morgan fingerprint density at radius 1 is 1.00 bits per heavy atom. The van der Waals surface area contributed by atoms with Crippen LogP contribution in [0.2, 0.25) is 0 Å². The van der Waals surface area contributed by atoms with Crippen LogP contribution in [0.5, 0.6) is 0 Å². The zero-order chi connectivity index (χ0) is 11.6. The molecule has 0 atom stereocenters. The van der Waals surface area contributed by atoms with E-state index in [9.17, 15) is 0 Å². The molecule has 0 saturated carbocycles. The summed E-state index contributed by atoms with van der Waals surface area (Å²) in [6.07, 6.45) is 5.56. The van der Waals surface area contributed by atoms with Crippen molar-refractivity contribution in [2.45, 2.75) is 52.0 Å². The molecule has 2 heterocycles. The lowest BCUT2D eigenvalue weighted by molar-refractivity contribution is 0.0533. The molecule has 2 nitrogen and oxygen atoms in total. The van der Waals surface area contributed by atoms with E-state index in [1.807, 2.05) is 0 Å². The average Bonchev–Trinajstić information content (AvgIpc) is 2.75. The van der Waals surface area contributed by atoms with Crippen LogP contribution in [-0.4, -0.2) is 48.1 Å². The van der Waals surface area contributed by atoms with Crippen molar-refractivity contribution in [2.24, 2.45) is 0 Å². The van der Waals surface area contributed by atoms with Gasteiger partial charge in [0.2, 0.25) is 0 Å². The van der Waals surface area contributed by atoms with Gasteiger partial charge in [0.25, 0.3) is 0 Å². The van der Waals surface area contributed by atoms with Crippen molar-refractivity contribution < 1.29 is 0 Å². The summed E-state index contributed by atoms with van der Waals surface area (Å²) in [6.45, 7) is 13.4. The van der Waals surface area contributed by atoms with Crippen LogP contribution in [0.15, 0.2) is 0 Å². The smallest absolute Gasteiger partial charge is 0.0205 e. The fourth-order valence-electron chi connectivity index (χ4n) is 3.21. The van der Waals surface area contributed by atoms with Crippen LogP contribution in [-0.2, 0) is 0 Å². The number of hydrogen-bond acceptors (Lipinski definition) is 2. The van der Waals surface area contributed by atoms with Gasteiger partial charge in [0.1, 0.15) is 0 Å². The van der Waals surface area contributed by atoms with Crippen LogP contribution in [0.1, 0.15) is 46.5 Å². The Kier molecular flexibility index (Phi) is 3.91. The monoisotopic (exact) mass is 223 g/mol. The van der Waals surface area contributed by atoms with E-state index in [4.69, 9.17) is 0 Å². The minimum atomic E-state index is 0.509. The van der Waals surface area contributed by atoms with Gasteiger partial charge in [-0.15, -0.1) is 0 Å². The summed E-state index contributed by atoms with van der Waals surface area (Å²) in [5, 5.41) is 0. The van der Waals surface area contributed by atoms with Gasteiger partial charge < -0.3 is 4.90 Å². The lowest BCUT2D eigenvalue weighted by Crippen LogP contribution is -2.52. The van der Waals surface area contributed by atoms with Gasteiger partial charge in [-0.05, 0) is 64.7 Å². The van der Waals surface area contributed by atoms with E-state index in [2.05, 4.69) is 30.6 Å². The predicted molar refractivity (Wildman–Crippen MR) is 69.5 cm³/mol. The quantitative estimate of drug-likeness (QED) is 0.725. The molecule has 0 spiro atoms. The fraction of sp³-hybridized carbons (Fsp3) is 0.929. The molecular weight excluding hydrogens is 196 g/mol.